The molecule has 186 valence electrons. The van der Waals surface area contributed by atoms with Crippen LogP contribution in [0.3, 0.4) is 0 Å². The maximum absolute atomic E-state index is 13.0. The number of halogens is 2. The molecule has 1 aliphatic heterocycles. The molecule has 11 heteroatoms. The molecule has 0 aromatic heterocycles. The number of methoxy groups -OCH3 is 1. The second kappa shape index (κ2) is 11.4. The fourth-order valence-corrected chi connectivity index (χ4v) is 3.78. The summed E-state index contributed by atoms with van der Waals surface area (Å²) in [5, 5.41) is 14.7. The third-order valence-corrected chi connectivity index (χ3v) is 5.31. The van der Waals surface area contributed by atoms with E-state index in [-0.39, 0.29) is 40.8 Å². The highest BCUT2D eigenvalue weighted by Crippen LogP contribution is 2.42. The number of carbonyl (C=O) groups excluding carboxylic acids is 1. The Morgan fingerprint density at radius 1 is 1.09 bits per heavy atom. The topological polar surface area (TPSA) is 109 Å². The van der Waals surface area contributed by atoms with Crippen molar-refractivity contribution >= 4 is 6.16 Å². The summed E-state index contributed by atoms with van der Waals surface area (Å²) < 4.78 is 46.6. The zero-order valence-electron chi connectivity index (χ0n) is 19.2. The molecule has 35 heavy (non-hydrogen) atoms. The normalized spacial score (nSPS) is 16.6. The van der Waals surface area contributed by atoms with Gasteiger partial charge in [0.05, 0.1) is 16.3 Å². The maximum Gasteiger partial charge on any atom is 0.513 e. The lowest BCUT2D eigenvalue weighted by Crippen LogP contribution is -2.30. The molecule has 0 spiro atoms. The van der Waals surface area contributed by atoms with Gasteiger partial charge in [0.25, 0.3) is 5.70 Å². The van der Waals surface area contributed by atoms with Gasteiger partial charge in [-0.05, 0) is 25.5 Å². The van der Waals surface area contributed by atoms with Crippen LogP contribution in [-0.2, 0) is 14.2 Å². The fraction of sp³-hybridized carbons (Fsp3) is 0.292. The minimum atomic E-state index is -3.16. The summed E-state index contributed by atoms with van der Waals surface area (Å²) in [4.78, 5) is 23.9. The van der Waals surface area contributed by atoms with Gasteiger partial charge in [0.2, 0.25) is 0 Å². The predicted octanol–water partition coefficient (Wildman–Crippen LogP) is 5.26. The largest absolute Gasteiger partial charge is 0.513 e. The molecule has 1 aliphatic rings. The second-order valence-corrected chi connectivity index (χ2v) is 7.53. The monoisotopic (exact) mass is 490 g/mol. The van der Waals surface area contributed by atoms with E-state index < -0.39 is 29.7 Å². The van der Waals surface area contributed by atoms with Crippen LogP contribution in [0.1, 0.15) is 37.0 Å². The smallest absolute Gasteiger partial charge is 0.435 e. The molecule has 3 rings (SSSR count). The number of dihydropyridines is 1. The Balaban J connectivity index is 1.90. The minimum Gasteiger partial charge on any atom is -0.435 e. The summed E-state index contributed by atoms with van der Waals surface area (Å²) in [6.45, 7) is -0.353. The number of benzene rings is 2. The minimum absolute atomic E-state index is 0.0292. The van der Waals surface area contributed by atoms with Crippen LogP contribution in [0.4, 0.5) is 13.6 Å². The number of ether oxygens (including phenoxy) is 4. The van der Waals surface area contributed by atoms with E-state index in [4.69, 9.17) is 14.2 Å². The van der Waals surface area contributed by atoms with Gasteiger partial charge in [-0.15, -0.1) is 0 Å². The van der Waals surface area contributed by atoms with Crippen molar-refractivity contribution in [1.82, 2.24) is 5.32 Å². The molecular weight excluding hydrogens is 466 g/mol. The highest BCUT2D eigenvalue weighted by molar-refractivity contribution is 5.63. The molecule has 2 aromatic rings. The fourth-order valence-electron chi connectivity index (χ4n) is 3.78. The second-order valence-electron chi connectivity index (χ2n) is 7.53. The van der Waals surface area contributed by atoms with Crippen LogP contribution in [0, 0.1) is 10.1 Å². The molecule has 0 amide bonds. The number of nitrogens with one attached hydrogen (secondary N) is 1. The quantitative estimate of drug-likeness (QED) is 0.288. The summed E-state index contributed by atoms with van der Waals surface area (Å²) in [7, 11) is 1.46. The van der Waals surface area contributed by atoms with Crippen LogP contribution in [0.2, 0.25) is 0 Å². The van der Waals surface area contributed by atoms with Crippen molar-refractivity contribution < 1.29 is 37.4 Å². The van der Waals surface area contributed by atoms with E-state index in [2.05, 4.69) is 10.1 Å². The Morgan fingerprint density at radius 3 is 2.37 bits per heavy atom. The molecule has 0 bridgehead atoms. The zero-order chi connectivity index (χ0) is 25.5. The van der Waals surface area contributed by atoms with Gasteiger partial charge in [0, 0.05) is 12.7 Å². The molecule has 9 nitrogen and oxygen atoms in total. The number of rotatable bonds is 9. The van der Waals surface area contributed by atoms with Gasteiger partial charge in [-0.2, -0.15) is 8.78 Å². The molecule has 0 aliphatic carbocycles. The Hall–Kier alpha value is -3.99. The van der Waals surface area contributed by atoms with Gasteiger partial charge >= 0.3 is 12.8 Å². The Bertz CT molecular complexity index is 1140. The van der Waals surface area contributed by atoms with Crippen LogP contribution in [0.25, 0.3) is 0 Å². The number of allylic oxidation sites excluding steroid dienone is 2. The number of alkyl halides is 2. The first-order valence-electron chi connectivity index (χ1n) is 10.5. The van der Waals surface area contributed by atoms with E-state index in [1.807, 2.05) is 6.07 Å². The Morgan fingerprint density at radius 2 is 1.74 bits per heavy atom. The number of hydrogen-bond acceptors (Lipinski definition) is 8. The van der Waals surface area contributed by atoms with Gasteiger partial charge in [-0.1, -0.05) is 48.5 Å². The number of para-hydroxylation sites is 1. The molecule has 2 atom stereocenters. The molecule has 0 radical (unpaired) electrons. The SMILES string of the molecule is COC(COC(=O)OC1=C(C)NC(C)=C([N+](=O)[O-])C1c1ccccc1OC(F)F)c1ccccc1. The summed E-state index contributed by atoms with van der Waals surface area (Å²) in [6.07, 6.45) is -1.71. The zero-order valence-corrected chi connectivity index (χ0v) is 19.2. The van der Waals surface area contributed by atoms with Crippen molar-refractivity contribution in [3.8, 4) is 5.75 Å². The molecule has 1 heterocycles. The van der Waals surface area contributed by atoms with E-state index in [1.54, 1.807) is 24.3 Å². The lowest BCUT2D eigenvalue weighted by Gasteiger charge is -2.27. The van der Waals surface area contributed by atoms with Crippen LogP contribution in [-0.4, -0.2) is 31.4 Å². The van der Waals surface area contributed by atoms with Crippen molar-refractivity contribution in [2.45, 2.75) is 32.5 Å². The molecular formula is C24H24F2N2O7. The van der Waals surface area contributed by atoms with Gasteiger partial charge in [-0.25, -0.2) is 4.79 Å². The highest BCUT2D eigenvalue weighted by Gasteiger charge is 2.41. The molecule has 2 aromatic carbocycles. The highest BCUT2D eigenvalue weighted by atomic mass is 19.3. The number of carbonyl (C=O) groups is 1. The van der Waals surface area contributed by atoms with Gasteiger partial charge in [0.15, 0.2) is 0 Å². The number of hydrogen-bond donors (Lipinski definition) is 1. The van der Waals surface area contributed by atoms with Crippen LogP contribution < -0.4 is 10.1 Å². The first-order chi connectivity index (χ1) is 16.7. The van der Waals surface area contributed by atoms with Crippen molar-refractivity contribution in [1.29, 1.82) is 0 Å². The van der Waals surface area contributed by atoms with Crippen LogP contribution >= 0.6 is 0 Å². The summed E-state index contributed by atoms with van der Waals surface area (Å²) in [6, 6.07) is 14.6. The van der Waals surface area contributed by atoms with E-state index in [1.165, 1.54) is 45.2 Å². The Labute approximate surface area is 200 Å². The molecule has 0 saturated carbocycles. The summed E-state index contributed by atoms with van der Waals surface area (Å²) in [5.74, 6) is -1.78. The summed E-state index contributed by atoms with van der Waals surface area (Å²) in [5.41, 5.74) is 0.842. The number of nitrogens with zero attached hydrogens (tertiary/aromatic N) is 1. The number of nitro groups is 1. The lowest BCUT2D eigenvalue weighted by molar-refractivity contribution is -0.431. The Kier molecular flexibility index (Phi) is 8.37. The lowest BCUT2D eigenvalue weighted by atomic mass is 9.89. The molecule has 0 fully saturated rings. The van der Waals surface area contributed by atoms with Crippen molar-refractivity contribution in [3.63, 3.8) is 0 Å². The molecule has 1 N–H and O–H groups in total. The van der Waals surface area contributed by atoms with Gasteiger partial charge < -0.3 is 24.3 Å². The van der Waals surface area contributed by atoms with Crippen molar-refractivity contribution in [3.05, 3.63) is 98.7 Å². The standard InChI is InChI=1S/C24H24F2N2O7/c1-14-21(28(30)31)20(17-11-7-8-12-18(17)34-23(25)26)22(15(2)27-14)35-24(29)33-13-19(32-3)16-9-5-4-6-10-16/h4-12,19-20,23,27H,13H2,1-3H3. The third-order valence-electron chi connectivity index (χ3n) is 5.31. The van der Waals surface area contributed by atoms with Crippen molar-refractivity contribution in [2.24, 2.45) is 0 Å². The van der Waals surface area contributed by atoms with E-state index in [9.17, 15) is 23.7 Å². The van der Waals surface area contributed by atoms with E-state index >= 15 is 0 Å². The third kappa shape index (κ3) is 6.12. The summed E-state index contributed by atoms with van der Waals surface area (Å²) >= 11 is 0. The molecule has 2 unspecified atom stereocenters. The first-order valence-corrected chi connectivity index (χ1v) is 10.5. The van der Waals surface area contributed by atoms with Crippen LogP contribution in [0.5, 0.6) is 5.75 Å². The average Bonchev–Trinajstić information content (AvgIpc) is 2.81. The van der Waals surface area contributed by atoms with Gasteiger partial charge in [-0.3, -0.25) is 10.1 Å². The molecule has 0 saturated heterocycles. The first kappa shape index (κ1) is 25.6. The predicted molar refractivity (Wildman–Crippen MR) is 120 cm³/mol. The maximum atomic E-state index is 13.0. The van der Waals surface area contributed by atoms with E-state index in [0.717, 1.165) is 5.56 Å². The van der Waals surface area contributed by atoms with Gasteiger partial charge in [0.1, 0.15) is 30.1 Å². The average molecular weight is 490 g/mol. The van der Waals surface area contributed by atoms with E-state index in [0.29, 0.717) is 0 Å². The van der Waals surface area contributed by atoms with Crippen molar-refractivity contribution in [2.75, 3.05) is 13.7 Å². The van der Waals surface area contributed by atoms with Crippen LogP contribution in [0.15, 0.2) is 77.4 Å².